The number of Topliss-reactive ketones (excluding diaryl/α,β-unsaturated/α-hetero) is 1. The van der Waals surface area contributed by atoms with Crippen molar-refractivity contribution in [2.45, 2.75) is 20.8 Å². The molecule has 0 spiro atoms. The van der Waals surface area contributed by atoms with Crippen molar-refractivity contribution in [3.8, 4) is 0 Å². The minimum absolute atomic E-state index is 0.201. The SMILES string of the molecule is CCOC(=O)C(=O)c1c(C)c2ccc(C)cc2n1C. The maximum Gasteiger partial charge on any atom is 0.381 e. The average Bonchev–Trinajstić information content (AvgIpc) is 2.61. The molecule has 0 aliphatic carbocycles. The van der Waals surface area contributed by atoms with Crippen molar-refractivity contribution in [3.63, 3.8) is 0 Å². The minimum atomic E-state index is -0.798. The third-order valence-electron chi connectivity index (χ3n) is 3.29. The van der Waals surface area contributed by atoms with Gasteiger partial charge in [0.15, 0.2) is 0 Å². The third kappa shape index (κ3) is 2.14. The van der Waals surface area contributed by atoms with E-state index in [1.807, 2.05) is 32.0 Å². The molecule has 100 valence electrons. The number of esters is 1. The molecule has 2 aromatic rings. The second-order valence-electron chi connectivity index (χ2n) is 4.60. The Hall–Kier alpha value is -2.10. The quantitative estimate of drug-likeness (QED) is 0.483. The molecule has 1 aromatic heterocycles. The highest BCUT2D eigenvalue weighted by Crippen LogP contribution is 2.26. The minimum Gasteiger partial charge on any atom is -0.460 e. The highest BCUT2D eigenvalue weighted by Gasteiger charge is 2.25. The number of nitrogens with zero attached hydrogens (tertiary/aromatic N) is 1. The Labute approximate surface area is 112 Å². The molecule has 0 N–H and O–H groups in total. The normalized spacial score (nSPS) is 10.7. The van der Waals surface area contributed by atoms with Crippen LogP contribution in [0.15, 0.2) is 18.2 Å². The molecule has 0 radical (unpaired) electrons. The van der Waals surface area contributed by atoms with Crippen LogP contribution in [0.25, 0.3) is 10.9 Å². The first-order valence-electron chi connectivity index (χ1n) is 6.24. The number of ether oxygens (including phenoxy) is 1. The molecule has 2 rings (SSSR count). The number of fused-ring (bicyclic) bond motifs is 1. The summed E-state index contributed by atoms with van der Waals surface area (Å²) in [7, 11) is 1.79. The first kappa shape index (κ1) is 13.3. The third-order valence-corrected chi connectivity index (χ3v) is 3.29. The second-order valence-corrected chi connectivity index (χ2v) is 4.60. The van der Waals surface area contributed by atoms with E-state index >= 15 is 0 Å². The number of carbonyl (C=O) groups excluding carboxylic acids is 2. The van der Waals surface area contributed by atoms with Crippen molar-refractivity contribution < 1.29 is 14.3 Å². The van der Waals surface area contributed by atoms with Gasteiger partial charge in [0.25, 0.3) is 5.78 Å². The van der Waals surface area contributed by atoms with Gasteiger partial charge in [-0.1, -0.05) is 12.1 Å². The summed E-state index contributed by atoms with van der Waals surface area (Å²) in [6.07, 6.45) is 0. The summed E-state index contributed by atoms with van der Waals surface area (Å²) in [5, 5.41) is 0.987. The summed E-state index contributed by atoms with van der Waals surface area (Å²) in [6, 6.07) is 5.97. The number of carbonyl (C=O) groups is 2. The maximum absolute atomic E-state index is 12.1. The molecule has 0 aliphatic rings. The van der Waals surface area contributed by atoms with Gasteiger partial charge < -0.3 is 9.30 Å². The van der Waals surface area contributed by atoms with Gasteiger partial charge in [-0.25, -0.2) is 4.79 Å². The number of rotatable bonds is 3. The molecule has 0 unspecified atom stereocenters. The fourth-order valence-corrected chi connectivity index (χ4v) is 2.35. The predicted octanol–water partition coefficient (Wildman–Crippen LogP) is 2.54. The van der Waals surface area contributed by atoms with Crippen LogP contribution in [0.5, 0.6) is 0 Å². The summed E-state index contributed by atoms with van der Waals surface area (Å²) >= 11 is 0. The van der Waals surface area contributed by atoms with E-state index in [9.17, 15) is 9.59 Å². The lowest BCUT2D eigenvalue weighted by molar-refractivity contribution is -0.137. The van der Waals surface area contributed by atoms with Crippen molar-refractivity contribution in [2.24, 2.45) is 7.05 Å². The zero-order valence-corrected chi connectivity index (χ0v) is 11.6. The molecule has 19 heavy (non-hydrogen) atoms. The monoisotopic (exact) mass is 259 g/mol. The van der Waals surface area contributed by atoms with Crippen LogP contribution in [0.2, 0.25) is 0 Å². The van der Waals surface area contributed by atoms with Gasteiger partial charge in [0.2, 0.25) is 0 Å². The lowest BCUT2D eigenvalue weighted by atomic mass is 10.1. The molecule has 0 fully saturated rings. The van der Waals surface area contributed by atoms with Gasteiger partial charge in [0.1, 0.15) is 5.69 Å². The summed E-state index contributed by atoms with van der Waals surface area (Å²) in [4.78, 5) is 23.7. The van der Waals surface area contributed by atoms with Gasteiger partial charge in [0.05, 0.1) is 6.61 Å². The van der Waals surface area contributed by atoms with E-state index < -0.39 is 11.8 Å². The Balaban J connectivity index is 2.61. The molecule has 0 saturated heterocycles. The lowest BCUT2D eigenvalue weighted by Crippen LogP contribution is -2.20. The second kappa shape index (κ2) is 4.88. The zero-order chi connectivity index (χ0) is 14.2. The first-order valence-corrected chi connectivity index (χ1v) is 6.24. The first-order chi connectivity index (χ1) is 8.97. The topological polar surface area (TPSA) is 48.3 Å². The zero-order valence-electron chi connectivity index (χ0n) is 11.6. The number of aromatic nitrogens is 1. The number of hydrogen-bond donors (Lipinski definition) is 0. The molecule has 1 aromatic carbocycles. The van der Waals surface area contributed by atoms with Gasteiger partial charge >= 0.3 is 5.97 Å². The Bertz CT molecular complexity index is 668. The molecule has 0 aliphatic heterocycles. The van der Waals surface area contributed by atoms with Gasteiger partial charge in [0, 0.05) is 18.0 Å². The highest BCUT2D eigenvalue weighted by molar-refractivity contribution is 6.41. The van der Waals surface area contributed by atoms with Crippen molar-refractivity contribution in [2.75, 3.05) is 6.61 Å². The molecular formula is C15H17NO3. The lowest BCUT2D eigenvalue weighted by Gasteiger charge is -2.04. The number of ketones is 1. The van der Waals surface area contributed by atoms with Gasteiger partial charge in [-0.2, -0.15) is 0 Å². The van der Waals surface area contributed by atoms with E-state index in [0.29, 0.717) is 5.69 Å². The van der Waals surface area contributed by atoms with E-state index in [2.05, 4.69) is 0 Å². The smallest absolute Gasteiger partial charge is 0.381 e. The molecule has 0 amide bonds. The van der Waals surface area contributed by atoms with Crippen LogP contribution >= 0.6 is 0 Å². The summed E-state index contributed by atoms with van der Waals surface area (Å²) in [5.41, 5.74) is 3.28. The van der Waals surface area contributed by atoms with Crippen LogP contribution in [0, 0.1) is 13.8 Å². The van der Waals surface area contributed by atoms with Crippen molar-refractivity contribution >= 4 is 22.7 Å². The molecule has 0 atom stereocenters. The fraction of sp³-hybridized carbons (Fsp3) is 0.333. The van der Waals surface area contributed by atoms with Crippen LogP contribution < -0.4 is 0 Å². The Morgan fingerprint density at radius 2 is 1.95 bits per heavy atom. The molecule has 0 bridgehead atoms. The number of hydrogen-bond acceptors (Lipinski definition) is 3. The summed E-state index contributed by atoms with van der Waals surface area (Å²) in [6.45, 7) is 5.73. The van der Waals surface area contributed by atoms with E-state index in [0.717, 1.165) is 22.0 Å². The fourth-order valence-electron chi connectivity index (χ4n) is 2.35. The van der Waals surface area contributed by atoms with Crippen LogP contribution in [0.1, 0.15) is 28.5 Å². The Kier molecular flexibility index (Phi) is 3.42. The van der Waals surface area contributed by atoms with Crippen molar-refractivity contribution in [1.29, 1.82) is 0 Å². The van der Waals surface area contributed by atoms with Gasteiger partial charge in [-0.15, -0.1) is 0 Å². The van der Waals surface area contributed by atoms with Gasteiger partial charge in [-0.05, 0) is 38.0 Å². The van der Waals surface area contributed by atoms with Crippen LogP contribution in [-0.4, -0.2) is 22.9 Å². The van der Waals surface area contributed by atoms with E-state index in [1.54, 1.807) is 18.5 Å². The van der Waals surface area contributed by atoms with E-state index in [-0.39, 0.29) is 6.61 Å². The van der Waals surface area contributed by atoms with Crippen molar-refractivity contribution in [3.05, 3.63) is 35.0 Å². The van der Waals surface area contributed by atoms with Crippen molar-refractivity contribution in [1.82, 2.24) is 4.57 Å². The van der Waals surface area contributed by atoms with Gasteiger partial charge in [-0.3, -0.25) is 4.79 Å². The van der Waals surface area contributed by atoms with Crippen LogP contribution in [-0.2, 0) is 16.6 Å². The highest BCUT2D eigenvalue weighted by atomic mass is 16.5. The summed E-state index contributed by atoms with van der Waals surface area (Å²) < 4.78 is 6.55. The molecular weight excluding hydrogens is 242 g/mol. The average molecular weight is 259 g/mol. The van der Waals surface area contributed by atoms with Crippen LogP contribution in [0.3, 0.4) is 0 Å². The van der Waals surface area contributed by atoms with Crippen LogP contribution in [0.4, 0.5) is 0 Å². The molecule has 4 heteroatoms. The summed E-state index contributed by atoms with van der Waals surface area (Å²) in [5.74, 6) is -1.39. The largest absolute Gasteiger partial charge is 0.460 e. The Morgan fingerprint density at radius 1 is 1.26 bits per heavy atom. The predicted molar refractivity (Wildman–Crippen MR) is 73.4 cm³/mol. The maximum atomic E-state index is 12.1. The molecule has 0 saturated carbocycles. The molecule has 4 nitrogen and oxygen atoms in total. The number of benzene rings is 1. The van der Waals surface area contributed by atoms with E-state index in [1.165, 1.54) is 0 Å². The molecule has 1 heterocycles. The Morgan fingerprint density at radius 3 is 2.58 bits per heavy atom. The van der Waals surface area contributed by atoms with E-state index in [4.69, 9.17) is 4.74 Å². The standard InChI is InChI=1S/C15H17NO3/c1-5-19-15(18)14(17)13-10(3)11-7-6-9(2)8-12(11)16(13)4/h6-8H,5H2,1-4H3. The number of aryl methyl sites for hydroxylation is 3.